The number of amides is 1. The number of piperazine rings is 1. The highest BCUT2D eigenvalue weighted by molar-refractivity contribution is 6.30. The molecule has 7 heteroatoms. The summed E-state index contributed by atoms with van der Waals surface area (Å²) in [5, 5.41) is 13.2. The first kappa shape index (κ1) is 21.3. The molecule has 162 valence electrons. The zero-order valence-corrected chi connectivity index (χ0v) is 18.5. The third kappa shape index (κ3) is 4.42. The second-order valence-corrected chi connectivity index (χ2v) is 8.64. The topological polar surface area (TPSA) is 68.6 Å². The van der Waals surface area contributed by atoms with Gasteiger partial charge in [0.15, 0.2) is 0 Å². The van der Waals surface area contributed by atoms with Crippen LogP contribution < -0.4 is 15.0 Å². The van der Waals surface area contributed by atoms with Gasteiger partial charge in [-0.2, -0.15) is 5.26 Å². The highest BCUT2D eigenvalue weighted by atomic mass is 35.5. The van der Waals surface area contributed by atoms with E-state index in [2.05, 4.69) is 16.3 Å². The summed E-state index contributed by atoms with van der Waals surface area (Å²) in [6.45, 7) is 2.83. The van der Waals surface area contributed by atoms with E-state index in [1.165, 1.54) is 0 Å². The Morgan fingerprint density at radius 3 is 2.39 bits per heavy atom. The molecule has 2 aromatic rings. The summed E-state index contributed by atoms with van der Waals surface area (Å²) < 4.78 is 5.50. The van der Waals surface area contributed by atoms with Crippen molar-refractivity contribution in [2.24, 2.45) is 0 Å². The molecule has 4 rings (SSSR count). The fourth-order valence-corrected chi connectivity index (χ4v) is 4.80. The number of halogens is 1. The smallest absolute Gasteiger partial charge is 0.248 e. The molecular weight excluding hydrogens is 412 g/mol. The van der Waals surface area contributed by atoms with E-state index in [1.807, 2.05) is 35.2 Å². The molecule has 6 nitrogen and oxygen atoms in total. The van der Waals surface area contributed by atoms with Gasteiger partial charge in [-0.25, -0.2) is 0 Å². The number of carbonyl (C=O) groups is 1. The number of nitriles is 1. The number of ether oxygens (including phenoxy) is 1. The number of nitrogens with zero attached hydrogens (tertiary/aromatic N) is 3. The number of hydrogen-bond donors (Lipinski definition) is 1. The Morgan fingerprint density at radius 2 is 1.77 bits per heavy atom. The van der Waals surface area contributed by atoms with E-state index in [4.69, 9.17) is 21.6 Å². The van der Waals surface area contributed by atoms with Crippen molar-refractivity contribution in [2.45, 2.75) is 31.2 Å². The minimum atomic E-state index is -0.561. The number of nitrogens with one attached hydrogen (secondary N) is 1. The van der Waals surface area contributed by atoms with Crippen LogP contribution in [0.4, 0.5) is 11.4 Å². The van der Waals surface area contributed by atoms with Crippen molar-refractivity contribution in [1.29, 1.82) is 5.26 Å². The van der Waals surface area contributed by atoms with E-state index in [-0.39, 0.29) is 5.91 Å². The minimum Gasteiger partial charge on any atom is -0.495 e. The summed E-state index contributed by atoms with van der Waals surface area (Å²) in [4.78, 5) is 17.8. The van der Waals surface area contributed by atoms with Crippen LogP contribution in [-0.4, -0.2) is 49.6 Å². The van der Waals surface area contributed by atoms with Gasteiger partial charge in [-0.1, -0.05) is 24.4 Å². The summed E-state index contributed by atoms with van der Waals surface area (Å²) in [5.74, 6) is 0.930. The van der Waals surface area contributed by atoms with Crippen molar-refractivity contribution in [3.63, 3.8) is 0 Å². The number of carbonyl (C=O) groups excluding carboxylic acids is 1. The van der Waals surface area contributed by atoms with Crippen LogP contribution in [0.25, 0.3) is 0 Å². The van der Waals surface area contributed by atoms with Crippen LogP contribution in [0.1, 0.15) is 31.2 Å². The van der Waals surface area contributed by atoms with Gasteiger partial charge in [0.2, 0.25) is 5.91 Å². The summed E-state index contributed by atoms with van der Waals surface area (Å²) in [7, 11) is 1.65. The van der Waals surface area contributed by atoms with Gasteiger partial charge in [0.1, 0.15) is 11.3 Å². The Labute approximate surface area is 188 Å². The Morgan fingerprint density at radius 1 is 1.10 bits per heavy atom. The van der Waals surface area contributed by atoms with Gasteiger partial charge in [0.25, 0.3) is 0 Å². The molecule has 2 fully saturated rings. The predicted molar refractivity (Wildman–Crippen MR) is 123 cm³/mol. The molecule has 1 N–H and O–H groups in total. The SMILES string of the molecule is COc1cc(Cl)ccc1N1CCN(C(=O)C2(Nc3ccc(C#N)cc3)CCCC2)CC1. The molecule has 1 aliphatic heterocycles. The van der Waals surface area contributed by atoms with E-state index in [1.54, 1.807) is 19.2 Å². The molecule has 0 atom stereocenters. The molecule has 0 bridgehead atoms. The van der Waals surface area contributed by atoms with Gasteiger partial charge < -0.3 is 19.9 Å². The van der Waals surface area contributed by atoms with Crippen LogP contribution in [0.5, 0.6) is 5.75 Å². The molecule has 0 radical (unpaired) electrons. The molecule has 0 unspecified atom stereocenters. The van der Waals surface area contributed by atoms with Crippen LogP contribution in [-0.2, 0) is 4.79 Å². The average Bonchev–Trinajstić information content (AvgIpc) is 3.28. The Hall–Kier alpha value is -2.91. The third-order valence-electron chi connectivity index (χ3n) is 6.31. The van der Waals surface area contributed by atoms with Gasteiger partial charge in [0.05, 0.1) is 24.4 Å². The lowest BCUT2D eigenvalue weighted by atomic mass is 9.94. The van der Waals surface area contributed by atoms with Crippen LogP contribution in [0.3, 0.4) is 0 Å². The number of rotatable bonds is 5. The molecule has 0 aromatic heterocycles. The standard InChI is InChI=1S/C24H27ClN4O2/c1-31-22-16-19(25)6-9-21(22)28-12-14-29(15-13-28)23(30)24(10-2-3-11-24)27-20-7-4-18(17-26)5-8-20/h4-9,16,27H,2-3,10-15H2,1H3. The molecule has 2 aliphatic rings. The molecule has 1 saturated carbocycles. The normalized spacial score (nSPS) is 17.8. The fourth-order valence-electron chi connectivity index (χ4n) is 4.64. The largest absolute Gasteiger partial charge is 0.495 e. The van der Waals surface area contributed by atoms with E-state index in [9.17, 15) is 4.79 Å². The summed E-state index contributed by atoms with van der Waals surface area (Å²) in [6.07, 6.45) is 3.74. The molecule has 0 spiro atoms. The molecule has 1 heterocycles. The highest BCUT2D eigenvalue weighted by Gasteiger charge is 2.44. The van der Waals surface area contributed by atoms with E-state index < -0.39 is 5.54 Å². The van der Waals surface area contributed by atoms with E-state index in [0.29, 0.717) is 23.7 Å². The van der Waals surface area contributed by atoms with Gasteiger partial charge in [-0.05, 0) is 49.2 Å². The molecule has 1 saturated heterocycles. The maximum atomic E-state index is 13.6. The Kier molecular flexibility index (Phi) is 6.24. The second kappa shape index (κ2) is 9.07. The van der Waals surface area contributed by atoms with Crippen LogP contribution in [0.15, 0.2) is 42.5 Å². The lowest BCUT2D eigenvalue weighted by Crippen LogP contribution is -2.57. The quantitative estimate of drug-likeness (QED) is 0.754. The molecular formula is C24H27ClN4O2. The van der Waals surface area contributed by atoms with Crippen molar-refractivity contribution < 1.29 is 9.53 Å². The first-order valence-corrected chi connectivity index (χ1v) is 11.1. The maximum Gasteiger partial charge on any atom is 0.248 e. The first-order chi connectivity index (χ1) is 15.0. The molecule has 31 heavy (non-hydrogen) atoms. The lowest BCUT2D eigenvalue weighted by Gasteiger charge is -2.41. The van der Waals surface area contributed by atoms with Crippen LogP contribution in [0.2, 0.25) is 5.02 Å². The Balaban J connectivity index is 1.45. The van der Waals surface area contributed by atoms with Crippen molar-refractivity contribution in [2.75, 3.05) is 43.5 Å². The van der Waals surface area contributed by atoms with Gasteiger partial charge in [0, 0.05) is 43.0 Å². The average molecular weight is 439 g/mol. The van der Waals surface area contributed by atoms with Crippen molar-refractivity contribution in [1.82, 2.24) is 4.90 Å². The first-order valence-electron chi connectivity index (χ1n) is 10.7. The van der Waals surface area contributed by atoms with Crippen LogP contribution in [0, 0.1) is 11.3 Å². The summed E-state index contributed by atoms with van der Waals surface area (Å²) >= 11 is 6.10. The van der Waals surface area contributed by atoms with Gasteiger partial charge in [-0.3, -0.25) is 4.79 Å². The van der Waals surface area contributed by atoms with Crippen LogP contribution >= 0.6 is 11.6 Å². The molecule has 2 aromatic carbocycles. The number of hydrogen-bond acceptors (Lipinski definition) is 5. The van der Waals surface area contributed by atoms with E-state index in [0.717, 1.165) is 55.9 Å². The maximum absolute atomic E-state index is 13.6. The lowest BCUT2D eigenvalue weighted by molar-refractivity contribution is -0.136. The van der Waals surface area contributed by atoms with Gasteiger partial charge in [-0.15, -0.1) is 0 Å². The molecule has 1 aliphatic carbocycles. The zero-order valence-electron chi connectivity index (χ0n) is 17.7. The Bertz CT molecular complexity index is 972. The predicted octanol–water partition coefficient (Wildman–Crippen LogP) is 4.29. The number of anilines is 2. The second-order valence-electron chi connectivity index (χ2n) is 8.20. The number of methoxy groups -OCH3 is 1. The zero-order chi connectivity index (χ0) is 21.8. The highest BCUT2D eigenvalue weighted by Crippen LogP contribution is 2.36. The third-order valence-corrected chi connectivity index (χ3v) is 6.55. The summed E-state index contributed by atoms with van der Waals surface area (Å²) in [5.41, 5.74) is 1.95. The number of benzene rings is 2. The van der Waals surface area contributed by atoms with Crippen molar-refractivity contribution >= 4 is 28.9 Å². The van der Waals surface area contributed by atoms with E-state index >= 15 is 0 Å². The van der Waals surface area contributed by atoms with Crippen molar-refractivity contribution in [3.05, 3.63) is 53.1 Å². The fraction of sp³-hybridized carbons (Fsp3) is 0.417. The monoisotopic (exact) mass is 438 g/mol. The van der Waals surface area contributed by atoms with Gasteiger partial charge >= 0.3 is 0 Å². The van der Waals surface area contributed by atoms with Crippen molar-refractivity contribution in [3.8, 4) is 11.8 Å². The minimum absolute atomic E-state index is 0.178. The summed E-state index contributed by atoms with van der Waals surface area (Å²) in [6, 6.07) is 15.1. The molecule has 1 amide bonds.